The van der Waals surface area contributed by atoms with Crippen LogP contribution in [0.1, 0.15) is 19.8 Å². The average molecular weight is 279 g/mol. The molecule has 0 radical (unpaired) electrons. The number of amides is 3. The molecule has 0 spiro atoms. The average Bonchev–Trinajstić information content (AvgIpc) is 2.78. The summed E-state index contributed by atoms with van der Waals surface area (Å²) in [5.74, 6) is -0.411. The Bertz CT molecular complexity index is 490. The number of benzene rings is 1. The molecule has 1 fully saturated rings. The van der Waals surface area contributed by atoms with E-state index in [9.17, 15) is 14.0 Å². The number of halogens is 1. The highest BCUT2D eigenvalue weighted by molar-refractivity contribution is 5.96. The molecule has 0 aromatic heterocycles. The fourth-order valence-electron chi connectivity index (χ4n) is 2.15. The minimum Gasteiger partial charge on any atom is -0.338 e. The van der Waals surface area contributed by atoms with Gasteiger partial charge < -0.3 is 15.5 Å². The first kappa shape index (κ1) is 14.3. The van der Waals surface area contributed by atoms with Crippen LogP contribution in [-0.4, -0.2) is 31.1 Å². The lowest BCUT2D eigenvalue weighted by Gasteiger charge is -2.17. The number of urea groups is 1. The monoisotopic (exact) mass is 279 g/mol. The first-order valence-electron chi connectivity index (χ1n) is 6.70. The van der Waals surface area contributed by atoms with Gasteiger partial charge in [-0.1, -0.05) is 6.92 Å². The van der Waals surface area contributed by atoms with Crippen molar-refractivity contribution in [2.75, 3.05) is 18.0 Å². The Labute approximate surface area is 117 Å². The van der Waals surface area contributed by atoms with E-state index in [1.165, 1.54) is 12.1 Å². The summed E-state index contributed by atoms with van der Waals surface area (Å²) in [5, 5.41) is 5.48. The van der Waals surface area contributed by atoms with Gasteiger partial charge in [-0.15, -0.1) is 0 Å². The SMILES string of the molecule is CCCNC(=O)N[C@@H]1CC(=O)N(c2ccc(F)cc2)C1. The van der Waals surface area contributed by atoms with Crippen LogP contribution in [-0.2, 0) is 4.79 Å². The molecule has 6 heteroatoms. The van der Waals surface area contributed by atoms with E-state index in [4.69, 9.17) is 0 Å². The Morgan fingerprint density at radius 3 is 2.75 bits per heavy atom. The minimum absolute atomic E-state index is 0.0719. The summed E-state index contributed by atoms with van der Waals surface area (Å²) in [4.78, 5) is 25.0. The van der Waals surface area contributed by atoms with Crippen molar-refractivity contribution >= 4 is 17.6 Å². The van der Waals surface area contributed by atoms with Crippen LogP contribution in [0.4, 0.5) is 14.9 Å². The quantitative estimate of drug-likeness (QED) is 0.880. The molecular weight excluding hydrogens is 261 g/mol. The summed E-state index contributed by atoms with van der Waals surface area (Å²) in [6.07, 6.45) is 1.12. The number of anilines is 1. The molecule has 2 N–H and O–H groups in total. The van der Waals surface area contributed by atoms with Crippen molar-refractivity contribution < 1.29 is 14.0 Å². The molecule has 1 aliphatic rings. The minimum atomic E-state index is -0.339. The third-order valence-electron chi connectivity index (χ3n) is 3.13. The second kappa shape index (κ2) is 6.36. The molecule has 2 rings (SSSR count). The predicted octanol–water partition coefficient (Wildman–Crippen LogP) is 1.64. The maximum atomic E-state index is 12.9. The molecule has 0 unspecified atom stereocenters. The zero-order chi connectivity index (χ0) is 14.5. The highest BCUT2D eigenvalue weighted by Gasteiger charge is 2.31. The highest BCUT2D eigenvalue weighted by Crippen LogP contribution is 2.21. The lowest BCUT2D eigenvalue weighted by molar-refractivity contribution is -0.117. The lowest BCUT2D eigenvalue weighted by Crippen LogP contribution is -2.43. The van der Waals surface area contributed by atoms with Gasteiger partial charge in [0.1, 0.15) is 5.82 Å². The van der Waals surface area contributed by atoms with Gasteiger partial charge in [0.2, 0.25) is 5.91 Å². The predicted molar refractivity (Wildman–Crippen MR) is 74.0 cm³/mol. The third kappa shape index (κ3) is 3.46. The second-order valence-electron chi connectivity index (χ2n) is 4.78. The maximum absolute atomic E-state index is 12.9. The van der Waals surface area contributed by atoms with Crippen LogP contribution in [0.3, 0.4) is 0 Å². The summed E-state index contributed by atoms with van der Waals surface area (Å²) in [6.45, 7) is 2.98. The summed E-state index contributed by atoms with van der Waals surface area (Å²) in [7, 11) is 0. The standard InChI is InChI=1S/C14H18FN3O2/c1-2-7-16-14(20)17-11-8-13(19)18(9-11)12-5-3-10(15)4-6-12/h3-6,11H,2,7-9H2,1H3,(H2,16,17,20)/t11-/m1/s1. The van der Waals surface area contributed by atoms with Crippen molar-refractivity contribution in [3.05, 3.63) is 30.1 Å². The smallest absolute Gasteiger partial charge is 0.315 e. The third-order valence-corrected chi connectivity index (χ3v) is 3.13. The van der Waals surface area contributed by atoms with Gasteiger partial charge in [0, 0.05) is 25.2 Å². The number of rotatable bonds is 4. The van der Waals surface area contributed by atoms with Gasteiger partial charge in [-0.05, 0) is 30.7 Å². The van der Waals surface area contributed by atoms with Crippen molar-refractivity contribution in [1.29, 1.82) is 0 Å². The normalized spacial score (nSPS) is 18.2. The van der Waals surface area contributed by atoms with Crippen molar-refractivity contribution in [3.63, 3.8) is 0 Å². The molecule has 1 heterocycles. The molecule has 20 heavy (non-hydrogen) atoms. The lowest BCUT2D eigenvalue weighted by atomic mass is 10.2. The highest BCUT2D eigenvalue weighted by atomic mass is 19.1. The van der Waals surface area contributed by atoms with E-state index in [0.717, 1.165) is 6.42 Å². The fraction of sp³-hybridized carbons (Fsp3) is 0.429. The van der Waals surface area contributed by atoms with Crippen LogP contribution in [0.15, 0.2) is 24.3 Å². The molecule has 3 amide bonds. The zero-order valence-electron chi connectivity index (χ0n) is 11.4. The van der Waals surface area contributed by atoms with Gasteiger partial charge in [-0.2, -0.15) is 0 Å². The van der Waals surface area contributed by atoms with Crippen LogP contribution < -0.4 is 15.5 Å². The molecule has 1 atom stereocenters. The van der Waals surface area contributed by atoms with Crippen LogP contribution in [0, 0.1) is 5.82 Å². The first-order valence-corrected chi connectivity index (χ1v) is 6.70. The first-order chi connectivity index (χ1) is 9.60. The summed E-state index contributed by atoms with van der Waals surface area (Å²) in [5.41, 5.74) is 0.648. The van der Waals surface area contributed by atoms with Crippen molar-refractivity contribution in [2.24, 2.45) is 0 Å². The Morgan fingerprint density at radius 2 is 2.10 bits per heavy atom. The van der Waals surface area contributed by atoms with Crippen molar-refractivity contribution in [1.82, 2.24) is 10.6 Å². The van der Waals surface area contributed by atoms with Crippen LogP contribution >= 0.6 is 0 Å². The van der Waals surface area contributed by atoms with Gasteiger partial charge in [-0.25, -0.2) is 9.18 Å². The number of carbonyl (C=O) groups excluding carboxylic acids is 2. The Morgan fingerprint density at radius 1 is 1.40 bits per heavy atom. The van der Waals surface area contributed by atoms with Crippen LogP contribution in [0.5, 0.6) is 0 Å². The summed E-state index contributed by atoms with van der Waals surface area (Å²) in [6, 6.07) is 5.28. The van der Waals surface area contributed by atoms with Gasteiger partial charge in [0.25, 0.3) is 0 Å². The molecule has 1 aliphatic heterocycles. The van der Waals surface area contributed by atoms with Crippen LogP contribution in [0.25, 0.3) is 0 Å². The van der Waals surface area contributed by atoms with E-state index in [1.54, 1.807) is 17.0 Å². The molecule has 1 saturated heterocycles. The van der Waals surface area contributed by atoms with Crippen LogP contribution in [0.2, 0.25) is 0 Å². The maximum Gasteiger partial charge on any atom is 0.315 e. The molecule has 0 bridgehead atoms. The topological polar surface area (TPSA) is 61.4 Å². The van der Waals surface area contributed by atoms with E-state index in [2.05, 4.69) is 10.6 Å². The van der Waals surface area contributed by atoms with E-state index >= 15 is 0 Å². The number of nitrogens with zero attached hydrogens (tertiary/aromatic N) is 1. The largest absolute Gasteiger partial charge is 0.338 e. The van der Waals surface area contributed by atoms with Gasteiger partial charge in [0.05, 0.1) is 6.04 Å². The Balaban J connectivity index is 1.93. The van der Waals surface area contributed by atoms with E-state index in [-0.39, 0.29) is 30.2 Å². The Hall–Kier alpha value is -2.11. The summed E-state index contributed by atoms with van der Waals surface area (Å²) >= 11 is 0. The molecule has 108 valence electrons. The molecule has 5 nitrogen and oxygen atoms in total. The fourth-order valence-corrected chi connectivity index (χ4v) is 2.15. The van der Waals surface area contributed by atoms with E-state index < -0.39 is 0 Å². The molecule has 0 aliphatic carbocycles. The van der Waals surface area contributed by atoms with E-state index in [0.29, 0.717) is 18.8 Å². The molecule has 1 aromatic carbocycles. The van der Waals surface area contributed by atoms with E-state index in [1.807, 2.05) is 6.92 Å². The van der Waals surface area contributed by atoms with Crippen molar-refractivity contribution in [2.45, 2.75) is 25.8 Å². The molecular formula is C14H18FN3O2. The zero-order valence-corrected chi connectivity index (χ0v) is 11.4. The second-order valence-corrected chi connectivity index (χ2v) is 4.78. The van der Waals surface area contributed by atoms with Crippen molar-refractivity contribution in [3.8, 4) is 0 Å². The number of hydrogen-bond acceptors (Lipinski definition) is 2. The molecule has 0 saturated carbocycles. The number of carbonyl (C=O) groups is 2. The van der Waals surface area contributed by atoms with Gasteiger partial charge in [0.15, 0.2) is 0 Å². The Kier molecular flexibility index (Phi) is 4.55. The number of hydrogen-bond donors (Lipinski definition) is 2. The number of nitrogens with one attached hydrogen (secondary N) is 2. The molecule has 1 aromatic rings. The van der Waals surface area contributed by atoms with Gasteiger partial charge >= 0.3 is 6.03 Å². The van der Waals surface area contributed by atoms with Gasteiger partial charge in [-0.3, -0.25) is 4.79 Å². The summed E-state index contributed by atoms with van der Waals surface area (Å²) < 4.78 is 12.9.